The minimum atomic E-state index is -0.748. The minimum Gasteiger partial charge on any atom is -0.334 e. The molecule has 0 aromatic rings. The van der Waals surface area contributed by atoms with Crippen LogP contribution in [0.3, 0.4) is 0 Å². The van der Waals surface area contributed by atoms with Crippen molar-refractivity contribution in [1.29, 1.82) is 0 Å². The molecule has 0 bridgehead atoms. The fourth-order valence-electron chi connectivity index (χ4n) is 1.28. The van der Waals surface area contributed by atoms with Crippen LogP contribution in [0.25, 0.3) is 0 Å². The molecule has 0 aromatic carbocycles. The molecule has 5 nitrogen and oxygen atoms in total. The minimum absolute atomic E-state index is 0.236. The Labute approximate surface area is 69.5 Å². The predicted molar refractivity (Wildman–Crippen MR) is 40.3 cm³/mol. The second-order valence-corrected chi connectivity index (χ2v) is 2.84. The lowest BCUT2D eigenvalue weighted by molar-refractivity contribution is -0.134. The Bertz CT molecular complexity index is 249. The fraction of sp³-hybridized carbons (Fsp3) is 0.571. The molecule has 0 spiro atoms. The first-order valence-corrected chi connectivity index (χ1v) is 3.64. The maximum Gasteiger partial charge on any atom is 0.321 e. The van der Waals surface area contributed by atoms with Gasteiger partial charge >= 0.3 is 6.03 Å². The van der Waals surface area contributed by atoms with Gasteiger partial charge in [0.2, 0.25) is 5.91 Å². The lowest BCUT2D eigenvalue weighted by Gasteiger charge is -2.26. The number of ketones is 1. The highest BCUT2D eigenvalue weighted by Crippen LogP contribution is 2.08. The summed E-state index contributed by atoms with van der Waals surface area (Å²) in [5.41, 5.74) is 0. The van der Waals surface area contributed by atoms with Crippen molar-refractivity contribution in [2.75, 3.05) is 0 Å². The predicted octanol–water partition coefficient (Wildman–Crippen LogP) is -0.581. The van der Waals surface area contributed by atoms with Gasteiger partial charge in [0.25, 0.3) is 0 Å². The summed E-state index contributed by atoms with van der Waals surface area (Å²) in [5, 5.41) is 4.48. The lowest BCUT2D eigenvalue weighted by atomic mass is 9.95. The van der Waals surface area contributed by atoms with Crippen molar-refractivity contribution in [3.63, 3.8) is 0 Å². The standard InChI is InChI=1S/C7H10N2O3/c1-3-5(4(2)10)6(11)9-7(12)8-3/h3,5H,1-2H3,(H2,8,9,11,12). The van der Waals surface area contributed by atoms with E-state index in [1.54, 1.807) is 6.92 Å². The average molecular weight is 170 g/mol. The molecule has 1 aliphatic rings. The molecule has 1 saturated heterocycles. The van der Waals surface area contributed by atoms with E-state index in [0.29, 0.717) is 0 Å². The van der Waals surface area contributed by atoms with Crippen LogP contribution in [-0.4, -0.2) is 23.8 Å². The summed E-state index contributed by atoms with van der Waals surface area (Å²) in [6, 6.07) is -0.950. The molecule has 2 unspecified atom stereocenters. The second-order valence-electron chi connectivity index (χ2n) is 2.84. The summed E-state index contributed by atoms with van der Waals surface area (Å²) in [6.07, 6.45) is 0. The largest absolute Gasteiger partial charge is 0.334 e. The zero-order valence-corrected chi connectivity index (χ0v) is 6.88. The van der Waals surface area contributed by atoms with Gasteiger partial charge in [-0.2, -0.15) is 0 Å². The highest BCUT2D eigenvalue weighted by atomic mass is 16.2. The van der Waals surface area contributed by atoms with Crippen molar-refractivity contribution in [2.45, 2.75) is 19.9 Å². The first-order valence-electron chi connectivity index (χ1n) is 3.64. The summed E-state index contributed by atoms with van der Waals surface area (Å²) in [6.45, 7) is 2.96. The molecule has 66 valence electrons. The average Bonchev–Trinajstić information content (AvgIpc) is 1.82. The first kappa shape index (κ1) is 8.70. The molecule has 0 aromatic heterocycles. The van der Waals surface area contributed by atoms with Gasteiger partial charge in [0.05, 0.1) is 0 Å². The van der Waals surface area contributed by atoms with Crippen LogP contribution >= 0.6 is 0 Å². The molecule has 2 N–H and O–H groups in total. The maximum atomic E-state index is 11.1. The van der Waals surface area contributed by atoms with Gasteiger partial charge in [-0.1, -0.05) is 0 Å². The summed E-state index contributed by atoms with van der Waals surface area (Å²) in [4.78, 5) is 32.7. The molecule has 2 atom stereocenters. The maximum absolute atomic E-state index is 11.1. The van der Waals surface area contributed by atoms with Gasteiger partial charge in [0, 0.05) is 6.04 Å². The fourth-order valence-corrected chi connectivity index (χ4v) is 1.28. The Hall–Kier alpha value is -1.39. The molecule has 0 radical (unpaired) electrons. The monoisotopic (exact) mass is 170 g/mol. The Balaban J connectivity index is 2.80. The van der Waals surface area contributed by atoms with Gasteiger partial charge in [-0.05, 0) is 13.8 Å². The SMILES string of the molecule is CC(=O)C1C(=O)NC(=O)NC1C. The van der Waals surface area contributed by atoms with Crippen molar-refractivity contribution >= 4 is 17.7 Å². The quantitative estimate of drug-likeness (QED) is 0.517. The van der Waals surface area contributed by atoms with Crippen LogP contribution in [0.15, 0.2) is 0 Å². The van der Waals surface area contributed by atoms with Crippen LogP contribution < -0.4 is 10.6 Å². The van der Waals surface area contributed by atoms with E-state index in [1.807, 2.05) is 5.32 Å². The van der Waals surface area contributed by atoms with Crippen molar-refractivity contribution in [2.24, 2.45) is 5.92 Å². The molecule has 1 fully saturated rings. The molecule has 1 heterocycles. The van der Waals surface area contributed by atoms with Gasteiger partial charge in [0.15, 0.2) is 0 Å². The van der Waals surface area contributed by atoms with Crippen molar-refractivity contribution in [3.8, 4) is 0 Å². The van der Waals surface area contributed by atoms with Gasteiger partial charge < -0.3 is 5.32 Å². The number of rotatable bonds is 1. The first-order chi connectivity index (χ1) is 5.52. The van der Waals surface area contributed by atoms with E-state index in [4.69, 9.17) is 0 Å². The van der Waals surface area contributed by atoms with Crippen LogP contribution in [-0.2, 0) is 9.59 Å². The summed E-state index contributed by atoms with van der Waals surface area (Å²) in [7, 11) is 0. The van der Waals surface area contributed by atoms with Crippen molar-refractivity contribution in [3.05, 3.63) is 0 Å². The number of imide groups is 1. The summed E-state index contributed by atoms with van der Waals surface area (Å²) in [5.74, 6) is -1.50. The van der Waals surface area contributed by atoms with Crippen LogP contribution in [0, 0.1) is 5.92 Å². The highest BCUT2D eigenvalue weighted by Gasteiger charge is 2.35. The van der Waals surface area contributed by atoms with Gasteiger partial charge in [-0.25, -0.2) is 4.79 Å². The third-order valence-electron chi connectivity index (χ3n) is 1.82. The van der Waals surface area contributed by atoms with Gasteiger partial charge in [-0.15, -0.1) is 0 Å². The zero-order chi connectivity index (χ0) is 9.30. The molecule has 5 heteroatoms. The number of nitrogens with one attached hydrogen (secondary N) is 2. The highest BCUT2D eigenvalue weighted by molar-refractivity contribution is 6.09. The number of amides is 3. The lowest BCUT2D eigenvalue weighted by Crippen LogP contribution is -2.58. The van der Waals surface area contributed by atoms with Gasteiger partial charge in [0.1, 0.15) is 11.7 Å². The van der Waals surface area contributed by atoms with Crippen LogP contribution in [0.2, 0.25) is 0 Å². The van der Waals surface area contributed by atoms with Crippen molar-refractivity contribution < 1.29 is 14.4 Å². The molecule has 12 heavy (non-hydrogen) atoms. The topological polar surface area (TPSA) is 75.3 Å². The molecule has 1 rings (SSSR count). The second kappa shape index (κ2) is 2.92. The number of hydrogen-bond donors (Lipinski definition) is 2. The van der Waals surface area contributed by atoms with E-state index >= 15 is 0 Å². The third kappa shape index (κ3) is 1.44. The Morgan fingerprint density at radius 3 is 2.42 bits per heavy atom. The molecule has 3 amide bonds. The van der Waals surface area contributed by atoms with E-state index in [0.717, 1.165) is 0 Å². The molecular weight excluding hydrogens is 160 g/mol. The molecule has 1 aliphatic heterocycles. The van der Waals surface area contributed by atoms with Gasteiger partial charge in [-0.3, -0.25) is 14.9 Å². The Kier molecular flexibility index (Phi) is 2.12. The molecular formula is C7H10N2O3. The molecule has 0 aliphatic carbocycles. The van der Waals surface area contributed by atoms with E-state index in [9.17, 15) is 14.4 Å². The van der Waals surface area contributed by atoms with Crippen molar-refractivity contribution in [1.82, 2.24) is 10.6 Å². The molecule has 0 saturated carbocycles. The van der Waals surface area contributed by atoms with E-state index in [2.05, 4.69) is 5.32 Å². The number of Topliss-reactive ketones (excluding diaryl/α,β-unsaturated/α-hetero) is 1. The number of carbonyl (C=O) groups excluding carboxylic acids is 3. The summed E-state index contributed by atoms with van der Waals surface area (Å²) >= 11 is 0. The number of urea groups is 1. The normalized spacial score (nSPS) is 29.2. The Morgan fingerprint density at radius 2 is 2.00 bits per heavy atom. The van der Waals surface area contributed by atoms with E-state index < -0.39 is 23.9 Å². The Morgan fingerprint density at radius 1 is 1.42 bits per heavy atom. The van der Waals surface area contributed by atoms with E-state index in [1.165, 1.54) is 6.92 Å². The van der Waals surface area contributed by atoms with Crippen LogP contribution in [0.5, 0.6) is 0 Å². The van der Waals surface area contributed by atoms with E-state index in [-0.39, 0.29) is 5.78 Å². The van der Waals surface area contributed by atoms with Crippen LogP contribution in [0.1, 0.15) is 13.8 Å². The third-order valence-corrected chi connectivity index (χ3v) is 1.82. The number of hydrogen-bond acceptors (Lipinski definition) is 3. The number of carbonyl (C=O) groups is 3. The summed E-state index contributed by atoms with van der Waals surface area (Å²) < 4.78 is 0. The zero-order valence-electron chi connectivity index (χ0n) is 6.88. The smallest absolute Gasteiger partial charge is 0.321 e. The van der Waals surface area contributed by atoms with Crippen LogP contribution in [0.4, 0.5) is 4.79 Å².